The Bertz CT molecular complexity index is 3040. The molecule has 0 amide bonds. The summed E-state index contributed by atoms with van der Waals surface area (Å²) >= 11 is 0. The van der Waals surface area contributed by atoms with Gasteiger partial charge in [-0.2, -0.15) is 0 Å². The Morgan fingerprint density at radius 2 is 1.05 bits per heavy atom. The fourth-order valence-corrected chi connectivity index (χ4v) is 11.7. The highest BCUT2D eigenvalue weighted by Crippen LogP contribution is 2.66. The van der Waals surface area contributed by atoms with Crippen molar-refractivity contribution in [2.45, 2.75) is 31.6 Å². The van der Waals surface area contributed by atoms with Gasteiger partial charge in [0.1, 0.15) is 0 Å². The van der Waals surface area contributed by atoms with E-state index >= 15 is 0 Å². The van der Waals surface area contributed by atoms with Gasteiger partial charge in [0.25, 0.3) is 0 Å². The molecule has 2 nitrogen and oxygen atoms in total. The summed E-state index contributed by atoms with van der Waals surface area (Å²) < 4.78 is 0. The van der Waals surface area contributed by atoms with Crippen molar-refractivity contribution in [1.82, 2.24) is 0 Å². The minimum absolute atomic E-state index is 0.0332. The molecule has 3 heteroatoms. The maximum atomic E-state index is 2.78. The van der Waals surface area contributed by atoms with Crippen LogP contribution in [0.4, 0.5) is 28.4 Å². The molecule has 4 aliphatic heterocycles. The third-order valence-corrected chi connectivity index (χ3v) is 14.0. The van der Waals surface area contributed by atoms with E-state index in [1.165, 1.54) is 112 Å². The van der Waals surface area contributed by atoms with Crippen molar-refractivity contribution in [2.24, 2.45) is 0 Å². The Hall–Kier alpha value is -6.58. The van der Waals surface area contributed by atoms with Crippen molar-refractivity contribution in [3.63, 3.8) is 0 Å². The van der Waals surface area contributed by atoms with E-state index < -0.39 is 0 Å². The van der Waals surface area contributed by atoms with Crippen LogP contribution >= 0.6 is 0 Å². The van der Waals surface area contributed by atoms with Crippen LogP contribution in [0.25, 0.3) is 44.5 Å². The number of benzene rings is 8. The minimum Gasteiger partial charge on any atom is -0.376 e. The SMILES string of the molecule is CC1(C)c2ccccc2N2c3cc(-c4ccccc4)cc4c3B(c3cccc1c32)N1c2cccc3c2C(C)(c2ccccc2-3)c2c(-c3ccccc3)ccc-4c21. The van der Waals surface area contributed by atoms with Crippen LogP contribution < -0.4 is 20.6 Å². The van der Waals surface area contributed by atoms with Crippen molar-refractivity contribution in [3.8, 4) is 44.5 Å². The van der Waals surface area contributed by atoms with Gasteiger partial charge in [-0.1, -0.05) is 159 Å². The van der Waals surface area contributed by atoms with Crippen molar-refractivity contribution >= 4 is 46.2 Å². The van der Waals surface area contributed by atoms with E-state index in [0.29, 0.717) is 0 Å². The van der Waals surface area contributed by atoms with Crippen LogP contribution in [-0.2, 0) is 10.8 Å². The molecule has 1 atom stereocenters. The molecule has 0 aromatic heterocycles. The summed E-state index contributed by atoms with van der Waals surface area (Å²) in [5.41, 5.74) is 26.1. The summed E-state index contributed by atoms with van der Waals surface area (Å²) in [6.45, 7) is 7.30. The fourth-order valence-electron chi connectivity index (χ4n) is 11.7. The molecule has 0 fully saturated rings. The fraction of sp³-hybridized carbons (Fsp3) is 0.0943. The summed E-state index contributed by atoms with van der Waals surface area (Å²) in [7, 11) is 0. The lowest BCUT2D eigenvalue weighted by Gasteiger charge is -2.53. The van der Waals surface area contributed by atoms with Gasteiger partial charge >= 0.3 is 6.85 Å². The van der Waals surface area contributed by atoms with Gasteiger partial charge in [0.2, 0.25) is 0 Å². The number of rotatable bonds is 2. The highest BCUT2D eigenvalue weighted by molar-refractivity contribution is 6.94. The monoisotopic (exact) mass is 712 g/mol. The Morgan fingerprint density at radius 3 is 1.88 bits per heavy atom. The van der Waals surface area contributed by atoms with Gasteiger partial charge in [0.15, 0.2) is 0 Å². The van der Waals surface area contributed by atoms with E-state index in [0.717, 1.165) is 0 Å². The second kappa shape index (κ2) is 10.4. The second-order valence-electron chi connectivity index (χ2n) is 16.9. The molecule has 0 saturated carbocycles. The van der Waals surface area contributed by atoms with Gasteiger partial charge in [-0.15, -0.1) is 0 Å². The third-order valence-electron chi connectivity index (χ3n) is 14.0. The Labute approximate surface area is 328 Å². The molecule has 13 rings (SSSR count). The Morgan fingerprint density at radius 1 is 0.411 bits per heavy atom. The first kappa shape index (κ1) is 30.7. The zero-order valence-electron chi connectivity index (χ0n) is 31.6. The summed E-state index contributed by atoms with van der Waals surface area (Å²) in [5, 5.41) is 0. The smallest absolute Gasteiger partial charge is 0.333 e. The molecular weight excluding hydrogens is 675 g/mol. The molecular formula is C53H37BN2. The number of anilines is 5. The zero-order chi connectivity index (χ0) is 37.1. The third kappa shape index (κ3) is 3.52. The first-order valence-corrected chi connectivity index (χ1v) is 20.0. The van der Waals surface area contributed by atoms with Gasteiger partial charge < -0.3 is 9.71 Å². The maximum absolute atomic E-state index is 2.78. The van der Waals surface area contributed by atoms with Crippen molar-refractivity contribution in [3.05, 3.63) is 198 Å². The number of para-hydroxylation sites is 2. The van der Waals surface area contributed by atoms with Crippen LogP contribution in [0.2, 0.25) is 0 Å². The minimum atomic E-state index is -0.356. The number of fused-ring (bicyclic) bond motifs is 11. The van der Waals surface area contributed by atoms with Crippen molar-refractivity contribution < 1.29 is 0 Å². The van der Waals surface area contributed by atoms with E-state index in [9.17, 15) is 0 Å². The molecule has 0 saturated heterocycles. The van der Waals surface area contributed by atoms with Gasteiger partial charge in [0.05, 0.1) is 5.69 Å². The average molecular weight is 713 g/mol. The molecule has 0 spiro atoms. The van der Waals surface area contributed by atoms with Gasteiger partial charge in [-0.25, -0.2) is 0 Å². The molecule has 0 N–H and O–H groups in total. The first-order valence-electron chi connectivity index (χ1n) is 20.0. The molecule has 5 aliphatic rings. The molecule has 0 radical (unpaired) electrons. The predicted molar refractivity (Wildman–Crippen MR) is 234 cm³/mol. The molecule has 0 bridgehead atoms. The molecule has 1 unspecified atom stereocenters. The highest BCUT2D eigenvalue weighted by Gasteiger charge is 2.56. The number of hydrogen-bond acceptors (Lipinski definition) is 2. The van der Waals surface area contributed by atoms with Crippen LogP contribution in [0.5, 0.6) is 0 Å². The highest BCUT2D eigenvalue weighted by atomic mass is 15.2. The number of nitrogens with zero attached hydrogens (tertiary/aromatic N) is 2. The zero-order valence-corrected chi connectivity index (χ0v) is 31.6. The first-order chi connectivity index (χ1) is 27.5. The van der Waals surface area contributed by atoms with Crippen LogP contribution in [-0.4, -0.2) is 6.85 Å². The topological polar surface area (TPSA) is 6.48 Å². The molecule has 8 aromatic rings. The molecule has 4 heterocycles. The quantitative estimate of drug-likeness (QED) is 0.165. The van der Waals surface area contributed by atoms with Crippen LogP contribution in [0.1, 0.15) is 48.6 Å². The lowest BCUT2D eigenvalue weighted by molar-refractivity contribution is 0.632. The average Bonchev–Trinajstić information content (AvgIpc) is 3.52. The molecule has 1 aliphatic carbocycles. The second-order valence-corrected chi connectivity index (χ2v) is 16.9. The Kier molecular flexibility index (Phi) is 5.69. The summed E-state index contributed by atoms with van der Waals surface area (Å²) in [5.74, 6) is 0. The lowest BCUT2D eigenvalue weighted by Crippen LogP contribution is -2.63. The van der Waals surface area contributed by atoms with Crippen molar-refractivity contribution in [2.75, 3.05) is 9.71 Å². The summed E-state index contributed by atoms with van der Waals surface area (Å²) in [6, 6.07) is 64.4. The largest absolute Gasteiger partial charge is 0.376 e. The van der Waals surface area contributed by atoms with Gasteiger partial charge in [0, 0.05) is 39.1 Å². The van der Waals surface area contributed by atoms with Crippen LogP contribution in [0.15, 0.2) is 170 Å². The molecule has 56 heavy (non-hydrogen) atoms. The van der Waals surface area contributed by atoms with E-state index in [4.69, 9.17) is 0 Å². The summed E-state index contributed by atoms with van der Waals surface area (Å²) in [6.07, 6.45) is 0. The predicted octanol–water partition coefficient (Wildman–Crippen LogP) is 12.0. The van der Waals surface area contributed by atoms with E-state index in [1.807, 2.05) is 0 Å². The van der Waals surface area contributed by atoms with Gasteiger partial charge in [-0.05, 0) is 109 Å². The summed E-state index contributed by atoms with van der Waals surface area (Å²) in [4.78, 5) is 5.40. The van der Waals surface area contributed by atoms with E-state index in [2.05, 4.69) is 200 Å². The molecule has 8 aromatic carbocycles. The van der Waals surface area contributed by atoms with E-state index in [1.54, 1.807) is 0 Å². The standard InChI is InChI=1S/C53H37BN2/c1-52(2)41-23-12-13-26-44(41)55-46-31-34(32-16-6-4-7-17-32)30-39-38-29-28-35(33-18-8-5-9-19-33)48-50(38)56(54(49(39)46)43-25-15-24-42(52)51(43)55)45-27-14-21-37-36-20-10-11-22-40(36)53(48,3)47(37)45/h4-31H,1-3H3. The molecule has 262 valence electrons. The normalized spacial score (nSPS) is 17.7. The van der Waals surface area contributed by atoms with Crippen LogP contribution in [0.3, 0.4) is 0 Å². The van der Waals surface area contributed by atoms with Gasteiger partial charge in [-0.3, -0.25) is 0 Å². The Balaban J connectivity index is 1.24. The van der Waals surface area contributed by atoms with Crippen molar-refractivity contribution in [1.29, 1.82) is 0 Å². The van der Waals surface area contributed by atoms with Crippen LogP contribution in [0, 0.1) is 0 Å². The maximum Gasteiger partial charge on any atom is 0.333 e. The number of hydrogen-bond donors (Lipinski definition) is 0. The lowest BCUT2D eigenvalue weighted by atomic mass is 9.41. The van der Waals surface area contributed by atoms with E-state index in [-0.39, 0.29) is 17.7 Å².